The quantitative estimate of drug-likeness (QED) is 0.739. The van der Waals surface area contributed by atoms with E-state index in [2.05, 4.69) is 11.4 Å². The Morgan fingerprint density at radius 1 is 1.39 bits per heavy atom. The van der Waals surface area contributed by atoms with E-state index in [4.69, 9.17) is 15.2 Å². The van der Waals surface area contributed by atoms with E-state index in [9.17, 15) is 0 Å². The first kappa shape index (κ1) is 15.0. The molecule has 0 amide bonds. The van der Waals surface area contributed by atoms with Crippen molar-refractivity contribution in [1.82, 2.24) is 5.32 Å². The Kier molecular flexibility index (Phi) is 6.72. The molecule has 0 heterocycles. The Balaban J connectivity index is 2.66. The molecule has 0 aliphatic carbocycles. The third kappa shape index (κ3) is 4.64. The van der Waals surface area contributed by atoms with Gasteiger partial charge in [-0.2, -0.15) is 0 Å². The minimum Gasteiger partial charge on any atom is -0.494 e. The maximum Gasteiger partial charge on any atom is 0.119 e. The lowest BCUT2D eigenvalue weighted by Crippen LogP contribution is -2.33. The van der Waals surface area contributed by atoms with Crippen LogP contribution in [0.25, 0.3) is 0 Å². The fourth-order valence-electron chi connectivity index (χ4n) is 1.72. The first-order valence-corrected chi connectivity index (χ1v) is 6.40. The second kappa shape index (κ2) is 8.08. The van der Waals surface area contributed by atoms with Gasteiger partial charge >= 0.3 is 0 Å². The molecule has 0 saturated carbocycles. The lowest BCUT2D eigenvalue weighted by atomic mass is 10.1. The van der Waals surface area contributed by atoms with Gasteiger partial charge in [-0.1, -0.05) is 12.1 Å². The molecule has 0 saturated heterocycles. The number of rotatable bonds is 8. The topological polar surface area (TPSA) is 56.5 Å². The fraction of sp³-hybridized carbons (Fsp3) is 0.571. The number of hydrogen-bond donors (Lipinski definition) is 2. The van der Waals surface area contributed by atoms with Crippen LogP contribution in [0.2, 0.25) is 0 Å². The molecular weight excluding hydrogens is 228 g/mol. The van der Waals surface area contributed by atoms with Gasteiger partial charge in [-0.3, -0.25) is 0 Å². The van der Waals surface area contributed by atoms with Crippen molar-refractivity contribution in [3.8, 4) is 5.75 Å². The van der Waals surface area contributed by atoms with Crippen molar-refractivity contribution >= 4 is 0 Å². The van der Waals surface area contributed by atoms with Crippen molar-refractivity contribution in [2.45, 2.75) is 26.0 Å². The Bertz CT molecular complexity index is 344. The average Bonchev–Trinajstić information content (AvgIpc) is 2.40. The third-order valence-corrected chi connectivity index (χ3v) is 2.86. The van der Waals surface area contributed by atoms with Gasteiger partial charge in [-0.25, -0.2) is 0 Å². The summed E-state index contributed by atoms with van der Waals surface area (Å²) in [5, 5.41) is 3.40. The average molecular weight is 252 g/mol. The van der Waals surface area contributed by atoms with Gasteiger partial charge < -0.3 is 20.5 Å². The molecule has 0 spiro atoms. The van der Waals surface area contributed by atoms with Crippen LogP contribution in [0.5, 0.6) is 5.75 Å². The highest BCUT2D eigenvalue weighted by Crippen LogP contribution is 2.18. The molecule has 4 heteroatoms. The molecular formula is C14H24N2O2. The normalized spacial score (nSPS) is 14.2. The number of hydrogen-bond acceptors (Lipinski definition) is 4. The molecule has 2 unspecified atom stereocenters. The summed E-state index contributed by atoms with van der Waals surface area (Å²) >= 11 is 0. The van der Waals surface area contributed by atoms with Gasteiger partial charge in [0.2, 0.25) is 0 Å². The lowest BCUT2D eigenvalue weighted by Gasteiger charge is -2.20. The zero-order valence-electron chi connectivity index (χ0n) is 11.5. The number of nitrogens with one attached hydrogen (secondary N) is 1. The van der Waals surface area contributed by atoms with Crippen LogP contribution in [0.1, 0.15) is 25.5 Å². The summed E-state index contributed by atoms with van der Waals surface area (Å²) in [6.07, 6.45) is 0.175. The first-order valence-electron chi connectivity index (χ1n) is 6.40. The predicted octanol–water partition coefficient (Wildman–Crippen LogP) is 1.71. The predicted molar refractivity (Wildman–Crippen MR) is 73.9 cm³/mol. The van der Waals surface area contributed by atoms with Crippen LogP contribution in [0.15, 0.2) is 24.3 Å². The summed E-state index contributed by atoms with van der Waals surface area (Å²) < 4.78 is 10.7. The van der Waals surface area contributed by atoms with Crippen molar-refractivity contribution in [3.05, 3.63) is 29.8 Å². The molecule has 0 aromatic heterocycles. The van der Waals surface area contributed by atoms with E-state index < -0.39 is 0 Å². The molecule has 0 radical (unpaired) electrons. The summed E-state index contributed by atoms with van der Waals surface area (Å²) in [7, 11) is 1.71. The summed E-state index contributed by atoms with van der Waals surface area (Å²) in [5.41, 5.74) is 6.96. The highest BCUT2D eigenvalue weighted by Gasteiger charge is 2.11. The summed E-state index contributed by atoms with van der Waals surface area (Å²) in [5.74, 6) is 0.884. The van der Waals surface area contributed by atoms with Crippen LogP contribution in [0.4, 0.5) is 0 Å². The van der Waals surface area contributed by atoms with E-state index in [0.717, 1.165) is 17.9 Å². The van der Waals surface area contributed by atoms with Crippen LogP contribution in [-0.4, -0.2) is 32.9 Å². The molecule has 4 nitrogen and oxygen atoms in total. The molecule has 2 atom stereocenters. The largest absolute Gasteiger partial charge is 0.494 e. The smallest absolute Gasteiger partial charge is 0.119 e. The van der Waals surface area contributed by atoms with Gasteiger partial charge in [0.15, 0.2) is 0 Å². The number of ether oxygens (including phenoxy) is 2. The Morgan fingerprint density at radius 2 is 2.17 bits per heavy atom. The number of methoxy groups -OCH3 is 1. The SMILES string of the molecule is CCOc1cccc(C(CN)NCC(C)OC)c1. The van der Waals surface area contributed by atoms with Crippen molar-refractivity contribution < 1.29 is 9.47 Å². The monoisotopic (exact) mass is 252 g/mol. The van der Waals surface area contributed by atoms with Crippen molar-refractivity contribution in [2.24, 2.45) is 5.73 Å². The van der Waals surface area contributed by atoms with Gasteiger partial charge in [-0.05, 0) is 31.5 Å². The molecule has 0 fully saturated rings. The molecule has 1 aromatic rings. The van der Waals surface area contributed by atoms with Crippen LogP contribution < -0.4 is 15.8 Å². The Morgan fingerprint density at radius 3 is 2.78 bits per heavy atom. The maximum atomic E-state index is 5.81. The zero-order valence-corrected chi connectivity index (χ0v) is 11.5. The highest BCUT2D eigenvalue weighted by molar-refractivity contribution is 5.30. The summed E-state index contributed by atoms with van der Waals surface area (Å²) in [6.45, 7) is 6.00. The molecule has 0 bridgehead atoms. The molecule has 102 valence electrons. The van der Waals surface area contributed by atoms with Crippen molar-refractivity contribution in [1.29, 1.82) is 0 Å². The van der Waals surface area contributed by atoms with Gasteiger partial charge in [0.05, 0.1) is 12.7 Å². The van der Waals surface area contributed by atoms with Crippen molar-refractivity contribution in [3.63, 3.8) is 0 Å². The molecule has 18 heavy (non-hydrogen) atoms. The molecule has 3 N–H and O–H groups in total. The highest BCUT2D eigenvalue weighted by atomic mass is 16.5. The number of nitrogens with two attached hydrogens (primary N) is 1. The molecule has 1 aromatic carbocycles. The minimum atomic E-state index is 0.128. The van der Waals surface area contributed by atoms with Gasteiger partial charge in [0, 0.05) is 26.2 Å². The maximum absolute atomic E-state index is 5.81. The van der Waals surface area contributed by atoms with E-state index in [0.29, 0.717) is 13.2 Å². The fourth-order valence-corrected chi connectivity index (χ4v) is 1.72. The number of benzene rings is 1. The second-order valence-corrected chi connectivity index (χ2v) is 4.25. The van der Waals surface area contributed by atoms with E-state index in [-0.39, 0.29) is 12.1 Å². The summed E-state index contributed by atoms with van der Waals surface area (Å²) in [4.78, 5) is 0. The second-order valence-electron chi connectivity index (χ2n) is 4.25. The first-order chi connectivity index (χ1) is 8.71. The van der Waals surface area contributed by atoms with Crippen LogP contribution in [0, 0.1) is 0 Å². The van der Waals surface area contributed by atoms with Gasteiger partial charge in [0.1, 0.15) is 5.75 Å². The molecule has 1 rings (SSSR count). The van der Waals surface area contributed by atoms with Crippen LogP contribution in [0.3, 0.4) is 0 Å². The van der Waals surface area contributed by atoms with Gasteiger partial charge in [-0.15, -0.1) is 0 Å². The van der Waals surface area contributed by atoms with E-state index in [1.807, 2.05) is 32.0 Å². The van der Waals surface area contributed by atoms with Crippen molar-refractivity contribution in [2.75, 3.05) is 26.8 Å². The standard InChI is InChI=1S/C14H24N2O2/c1-4-18-13-7-5-6-12(8-13)14(9-15)16-10-11(2)17-3/h5-8,11,14,16H,4,9-10,15H2,1-3H3. The Hall–Kier alpha value is -1.10. The summed E-state index contributed by atoms with van der Waals surface area (Å²) in [6, 6.07) is 8.17. The van der Waals surface area contributed by atoms with Crippen LogP contribution >= 0.6 is 0 Å². The third-order valence-electron chi connectivity index (χ3n) is 2.86. The van der Waals surface area contributed by atoms with Crippen LogP contribution in [-0.2, 0) is 4.74 Å². The lowest BCUT2D eigenvalue weighted by molar-refractivity contribution is 0.114. The van der Waals surface area contributed by atoms with E-state index >= 15 is 0 Å². The Labute approximate surface area is 109 Å². The minimum absolute atomic E-state index is 0.128. The zero-order chi connectivity index (χ0) is 13.4. The molecule has 0 aliphatic heterocycles. The van der Waals surface area contributed by atoms with E-state index in [1.54, 1.807) is 7.11 Å². The van der Waals surface area contributed by atoms with Gasteiger partial charge in [0.25, 0.3) is 0 Å². The van der Waals surface area contributed by atoms with E-state index in [1.165, 1.54) is 0 Å². The molecule has 0 aliphatic rings.